The summed E-state index contributed by atoms with van der Waals surface area (Å²) in [5.74, 6) is 0.773. The molecule has 1 saturated heterocycles. The Morgan fingerprint density at radius 2 is 1.93 bits per heavy atom. The van der Waals surface area contributed by atoms with E-state index in [1.54, 1.807) is 25.4 Å². The van der Waals surface area contributed by atoms with Crippen molar-refractivity contribution in [3.63, 3.8) is 0 Å². The Balaban J connectivity index is 1.64. The molecule has 30 heavy (non-hydrogen) atoms. The lowest BCUT2D eigenvalue weighted by molar-refractivity contribution is 0.246. The second kappa shape index (κ2) is 8.71. The summed E-state index contributed by atoms with van der Waals surface area (Å²) in [6.45, 7) is 4.15. The largest absolute Gasteiger partial charge is 0.497 e. The average molecular weight is 426 g/mol. The summed E-state index contributed by atoms with van der Waals surface area (Å²) in [4.78, 5) is 6.97. The molecule has 3 aromatic rings. The summed E-state index contributed by atoms with van der Waals surface area (Å²) in [6.07, 6.45) is 3.94. The highest BCUT2D eigenvalue weighted by Gasteiger charge is 2.27. The highest BCUT2D eigenvalue weighted by molar-refractivity contribution is 7.89. The molecule has 6 nitrogen and oxygen atoms in total. The third kappa shape index (κ3) is 4.19. The summed E-state index contributed by atoms with van der Waals surface area (Å²) in [5.41, 5.74) is 2.72. The fourth-order valence-electron chi connectivity index (χ4n) is 4.15. The molecule has 7 heteroatoms. The third-order valence-corrected chi connectivity index (χ3v) is 7.23. The quantitative estimate of drug-likeness (QED) is 0.625. The van der Waals surface area contributed by atoms with Gasteiger partial charge in [0.2, 0.25) is 10.0 Å². The minimum atomic E-state index is -3.70. The average Bonchev–Trinajstić information content (AvgIpc) is 3.29. The van der Waals surface area contributed by atoms with Crippen LogP contribution in [0.1, 0.15) is 30.0 Å². The second-order valence-corrected chi connectivity index (χ2v) is 9.40. The van der Waals surface area contributed by atoms with Gasteiger partial charge in [-0.3, -0.25) is 9.88 Å². The Morgan fingerprint density at radius 3 is 2.70 bits per heavy atom. The van der Waals surface area contributed by atoms with Gasteiger partial charge in [0, 0.05) is 24.2 Å². The van der Waals surface area contributed by atoms with Crippen LogP contribution in [0.15, 0.2) is 59.6 Å². The Morgan fingerprint density at radius 1 is 1.13 bits per heavy atom. The van der Waals surface area contributed by atoms with Gasteiger partial charge in [-0.1, -0.05) is 18.2 Å². The number of ether oxygens (including phenoxy) is 1. The molecular weight excluding hydrogens is 398 g/mol. The summed E-state index contributed by atoms with van der Waals surface area (Å²) in [6, 6.07) is 14.9. The molecule has 1 fully saturated rings. The molecule has 0 spiro atoms. The van der Waals surface area contributed by atoms with E-state index in [2.05, 4.69) is 14.6 Å². The van der Waals surface area contributed by atoms with Gasteiger partial charge in [0.25, 0.3) is 0 Å². The summed E-state index contributed by atoms with van der Waals surface area (Å²) in [5, 5.41) is 0.643. The number of nitrogens with one attached hydrogen (secondary N) is 1. The molecule has 1 N–H and O–H groups in total. The number of benzene rings is 2. The van der Waals surface area contributed by atoms with Crippen LogP contribution in [-0.2, 0) is 10.0 Å². The first-order chi connectivity index (χ1) is 14.5. The van der Waals surface area contributed by atoms with Gasteiger partial charge in [0.1, 0.15) is 5.75 Å². The van der Waals surface area contributed by atoms with Gasteiger partial charge in [-0.25, -0.2) is 13.1 Å². The molecule has 1 atom stereocenters. The molecule has 4 rings (SSSR count). The minimum absolute atomic E-state index is 0.0489. The van der Waals surface area contributed by atoms with Crippen molar-refractivity contribution >= 4 is 20.9 Å². The summed E-state index contributed by atoms with van der Waals surface area (Å²) < 4.78 is 34.7. The van der Waals surface area contributed by atoms with E-state index in [0.717, 1.165) is 42.8 Å². The highest BCUT2D eigenvalue weighted by atomic mass is 32.2. The van der Waals surface area contributed by atoms with Gasteiger partial charge >= 0.3 is 0 Å². The summed E-state index contributed by atoms with van der Waals surface area (Å²) in [7, 11) is -2.06. The number of nitrogens with zero attached hydrogens (tertiary/aromatic N) is 2. The molecule has 0 saturated carbocycles. The van der Waals surface area contributed by atoms with E-state index >= 15 is 0 Å². The Kier molecular flexibility index (Phi) is 6.04. The van der Waals surface area contributed by atoms with Crippen LogP contribution < -0.4 is 9.46 Å². The molecule has 0 bridgehead atoms. The van der Waals surface area contributed by atoms with Crippen molar-refractivity contribution in [1.82, 2.24) is 14.6 Å². The van der Waals surface area contributed by atoms with Gasteiger partial charge in [0.05, 0.1) is 17.5 Å². The molecule has 0 amide bonds. The van der Waals surface area contributed by atoms with Crippen LogP contribution in [0.5, 0.6) is 5.75 Å². The first-order valence-corrected chi connectivity index (χ1v) is 11.7. The van der Waals surface area contributed by atoms with Crippen LogP contribution in [0, 0.1) is 6.92 Å². The normalized spacial score (nSPS) is 16.1. The SMILES string of the molecule is COc1cccc(C(CNS(=O)(=O)c2ccc(C)c3ncccc23)N2CCCC2)c1. The zero-order valence-corrected chi connectivity index (χ0v) is 18.2. The molecule has 1 unspecified atom stereocenters. The van der Waals surface area contributed by atoms with Crippen LogP contribution >= 0.6 is 0 Å². The zero-order valence-electron chi connectivity index (χ0n) is 17.3. The van der Waals surface area contributed by atoms with E-state index in [0.29, 0.717) is 17.4 Å². The van der Waals surface area contributed by atoms with Crippen LogP contribution in [0.4, 0.5) is 0 Å². The van der Waals surface area contributed by atoms with Crippen molar-refractivity contribution in [2.45, 2.75) is 30.7 Å². The van der Waals surface area contributed by atoms with Gasteiger partial charge in [-0.2, -0.15) is 0 Å². The number of aryl methyl sites for hydroxylation is 1. The smallest absolute Gasteiger partial charge is 0.241 e. The summed E-state index contributed by atoms with van der Waals surface area (Å²) >= 11 is 0. The maximum atomic E-state index is 13.2. The first kappa shape index (κ1) is 20.8. The third-order valence-electron chi connectivity index (χ3n) is 5.75. The molecule has 1 aromatic heterocycles. The molecule has 1 aliphatic heterocycles. The number of hydrogen-bond donors (Lipinski definition) is 1. The highest BCUT2D eigenvalue weighted by Crippen LogP contribution is 2.29. The molecule has 0 aliphatic carbocycles. The van der Waals surface area contributed by atoms with Crippen molar-refractivity contribution < 1.29 is 13.2 Å². The number of likely N-dealkylation sites (tertiary alicyclic amines) is 1. The lowest BCUT2D eigenvalue weighted by Crippen LogP contribution is -2.36. The number of rotatable bonds is 7. The van der Waals surface area contributed by atoms with Crippen molar-refractivity contribution in [3.05, 3.63) is 65.9 Å². The number of sulfonamides is 1. The number of pyridine rings is 1. The van der Waals surface area contributed by atoms with E-state index in [1.165, 1.54) is 0 Å². The van der Waals surface area contributed by atoms with Gasteiger partial charge in [-0.05, 0) is 74.3 Å². The number of hydrogen-bond acceptors (Lipinski definition) is 5. The van der Waals surface area contributed by atoms with Crippen LogP contribution in [0.25, 0.3) is 10.9 Å². The number of aromatic nitrogens is 1. The zero-order chi connectivity index (χ0) is 21.1. The fraction of sp³-hybridized carbons (Fsp3) is 0.348. The van der Waals surface area contributed by atoms with E-state index in [-0.39, 0.29) is 10.9 Å². The topological polar surface area (TPSA) is 71.5 Å². The van der Waals surface area contributed by atoms with Gasteiger partial charge in [0.15, 0.2) is 0 Å². The minimum Gasteiger partial charge on any atom is -0.497 e. The standard InChI is InChI=1S/C23H27N3O3S/c1-17-10-11-22(20-9-6-12-24-23(17)20)30(27,28)25-16-21(26-13-3-4-14-26)18-7-5-8-19(15-18)29-2/h5-12,15,21,25H,3-4,13-14,16H2,1-2H3. The van der Waals surface area contributed by atoms with Crippen molar-refractivity contribution in [3.8, 4) is 5.75 Å². The second-order valence-electron chi connectivity index (χ2n) is 7.67. The van der Waals surface area contributed by atoms with Crippen LogP contribution in [-0.4, -0.2) is 45.0 Å². The van der Waals surface area contributed by atoms with Crippen LogP contribution in [0.3, 0.4) is 0 Å². The maximum absolute atomic E-state index is 13.2. The van der Waals surface area contributed by atoms with E-state index < -0.39 is 10.0 Å². The van der Waals surface area contributed by atoms with Gasteiger partial charge < -0.3 is 4.74 Å². The molecule has 1 aliphatic rings. The Bertz CT molecular complexity index is 1140. The van der Waals surface area contributed by atoms with Crippen LogP contribution in [0.2, 0.25) is 0 Å². The van der Waals surface area contributed by atoms with E-state index in [9.17, 15) is 8.42 Å². The predicted octanol–water partition coefficient (Wildman–Crippen LogP) is 3.67. The number of fused-ring (bicyclic) bond motifs is 1. The molecule has 2 aromatic carbocycles. The Hall–Kier alpha value is -2.48. The lowest BCUT2D eigenvalue weighted by atomic mass is 10.1. The lowest BCUT2D eigenvalue weighted by Gasteiger charge is -2.28. The molecule has 2 heterocycles. The monoisotopic (exact) mass is 425 g/mol. The van der Waals surface area contributed by atoms with Crippen molar-refractivity contribution in [1.29, 1.82) is 0 Å². The van der Waals surface area contributed by atoms with E-state index in [1.807, 2.05) is 43.3 Å². The molecule has 158 valence electrons. The van der Waals surface area contributed by atoms with Crippen molar-refractivity contribution in [2.24, 2.45) is 0 Å². The van der Waals surface area contributed by atoms with E-state index in [4.69, 9.17) is 4.74 Å². The fourth-order valence-corrected chi connectivity index (χ4v) is 5.38. The first-order valence-electron chi connectivity index (χ1n) is 10.2. The maximum Gasteiger partial charge on any atom is 0.241 e. The molecular formula is C23H27N3O3S. The van der Waals surface area contributed by atoms with Crippen molar-refractivity contribution in [2.75, 3.05) is 26.7 Å². The number of methoxy groups -OCH3 is 1. The predicted molar refractivity (Wildman–Crippen MR) is 118 cm³/mol. The Labute approximate surface area is 177 Å². The molecule has 0 radical (unpaired) electrons. The van der Waals surface area contributed by atoms with Gasteiger partial charge in [-0.15, -0.1) is 0 Å².